The fraction of sp³-hybridized carbons (Fsp3) is 0.0476. The van der Waals surface area contributed by atoms with Gasteiger partial charge in [-0.15, -0.1) is 15.3 Å². The van der Waals surface area contributed by atoms with E-state index < -0.39 is 0 Å². The predicted molar refractivity (Wildman–Crippen MR) is 120 cm³/mol. The van der Waals surface area contributed by atoms with Crippen molar-refractivity contribution in [2.24, 2.45) is 0 Å². The maximum Gasteiger partial charge on any atom is 0.235 e. The van der Waals surface area contributed by atoms with Crippen molar-refractivity contribution in [3.63, 3.8) is 0 Å². The molecule has 11 heteroatoms. The third-order valence-electron chi connectivity index (χ3n) is 4.89. The van der Waals surface area contributed by atoms with Crippen LogP contribution >= 0.6 is 22.9 Å². The number of aryl methyl sites for hydroxylation is 1. The van der Waals surface area contributed by atoms with Crippen LogP contribution in [0.5, 0.6) is 0 Å². The minimum absolute atomic E-state index is 0.527. The average Bonchev–Trinajstić information content (AvgIpc) is 3.58. The van der Waals surface area contributed by atoms with Crippen molar-refractivity contribution < 1.29 is 4.52 Å². The first-order valence-corrected chi connectivity index (χ1v) is 10.8. The summed E-state index contributed by atoms with van der Waals surface area (Å²) in [5.74, 6) is 1.11. The van der Waals surface area contributed by atoms with Gasteiger partial charge in [-0.05, 0) is 31.2 Å². The van der Waals surface area contributed by atoms with Crippen LogP contribution < -0.4 is 0 Å². The fourth-order valence-electron chi connectivity index (χ4n) is 3.35. The second-order valence-electron chi connectivity index (χ2n) is 6.95. The molecule has 0 saturated heterocycles. The van der Waals surface area contributed by atoms with Crippen LogP contribution in [0.4, 0.5) is 0 Å². The summed E-state index contributed by atoms with van der Waals surface area (Å²) in [6.45, 7) is 1.82. The molecule has 0 atom stereocenters. The number of aromatic nitrogens is 8. The van der Waals surface area contributed by atoms with E-state index >= 15 is 0 Å². The highest BCUT2D eigenvalue weighted by Crippen LogP contribution is 2.34. The Bertz CT molecular complexity index is 1550. The van der Waals surface area contributed by atoms with Crippen molar-refractivity contribution in [3.8, 4) is 39.0 Å². The molecule has 6 aromatic rings. The monoisotopic (exact) mass is 460 g/mol. The van der Waals surface area contributed by atoms with Crippen LogP contribution in [-0.4, -0.2) is 40.0 Å². The van der Waals surface area contributed by atoms with Crippen LogP contribution in [0.25, 0.3) is 44.0 Å². The number of benzene rings is 2. The smallest absolute Gasteiger partial charge is 0.235 e. The van der Waals surface area contributed by atoms with Gasteiger partial charge in [0.15, 0.2) is 5.82 Å². The maximum atomic E-state index is 6.01. The van der Waals surface area contributed by atoms with Crippen molar-refractivity contribution in [1.29, 1.82) is 0 Å². The van der Waals surface area contributed by atoms with Crippen LogP contribution in [0, 0.1) is 6.92 Å². The van der Waals surface area contributed by atoms with Gasteiger partial charge in [0.05, 0.1) is 17.4 Å². The standard InChI is InChI=1S/C21H13ClN8OS/c1-12-17(18(28-31-12)16-11-23-30(26-16)15-5-3-2-4-6-15)19-24-25-21-29(19)27-20(32-21)13-7-9-14(22)10-8-13/h2-11H,1H3. The highest BCUT2D eigenvalue weighted by Gasteiger charge is 2.25. The Morgan fingerprint density at radius 3 is 2.59 bits per heavy atom. The number of rotatable bonds is 4. The molecule has 0 bridgehead atoms. The van der Waals surface area contributed by atoms with E-state index in [0.29, 0.717) is 38.5 Å². The first-order chi connectivity index (χ1) is 15.7. The molecule has 156 valence electrons. The first-order valence-electron chi connectivity index (χ1n) is 9.60. The van der Waals surface area contributed by atoms with E-state index in [9.17, 15) is 0 Å². The molecule has 2 aromatic carbocycles. The maximum absolute atomic E-state index is 6.01. The fourth-order valence-corrected chi connectivity index (χ4v) is 4.32. The molecule has 0 N–H and O–H groups in total. The van der Waals surface area contributed by atoms with Gasteiger partial charge in [-0.1, -0.05) is 58.4 Å². The van der Waals surface area contributed by atoms with Gasteiger partial charge in [-0.3, -0.25) is 0 Å². The van der Waals surface area contributed by atoms with Gasteiger partial charge in [-0.25, -0.2) is 0 Å². The highest BCUT2D eigenvalue weighted by molar-refractivity contribution is 7.19. The van der Waals surface area contributed by atoms with E-state index in [2.05, 4.69) is 25.6 Å². The summed E-state index contributed by atoms with van der Waals surface area (Å²) in [6.07, 6.45) is 1.65. The predicted octanol–water partition coefficient (Wildman–Crippen LogP) is 4.72. The van der Waals surface area contributed by atoms with Crippen molar-refractivity contribution >= 4 is 27.9 Å². The van der Waals surface area contributed by atoms with Gasteiger partial charge in [0.1, 0.15) is 22.2 Å². The second-order valence-corrected chi connectivity index (χ2v) is 8.34. The third kappa shape index (κ3) is 3.08. The van der Waals surface area contributed by atoms with Crippen molar-refractivity contribution in [3.05, 3.63) is 71.6 Å². The van der Waals surface area contributed by atoms with Gasteiger partial charge >= 0.3 is 0 Å². The normalized spacial score (nSPS) is 11.4. The zero-order chi connectivity index (χ0) is 21.7. The number of fused-ring (bicyclic) bond motifs is 1. The number of nitrogens with zero attached hydrogens (tertiary/aromatic N) is 8. The minimum atomic E-state index is 0.527. The molecule has 0 spiro atoms. The van der Waals surface area contributed by atoms with Crippen LogP contribution in [0.1, 0.15) is 5.76 Å². The van der Waals surface area contributed by atoms with E-state index in [1.165, 1.54) is 11.3 Å². The summed E-state index contributed by atoms with van der Waals surface area (Å²) < 4.78 is 7.19. The quantitative estimate of drug-likeness (QED) is 0.375. The van der Waals surface area contributed by atoms with Crippen LogP contribution in [0.15, 0.2) is 65.3 Å². The summed E-state index contributed by atoms with van der Waals surface area (Å²) in [6, 6.07) is 17.2. The number of para-hydroxylation sites is 1. The topological polar surface area (TPSA) is 99.8 Å². The molecule has 0 aliphatic carbocycles. The summed E-state index contributed by atoms with van der Waals surface area (Å²) in [7, 11) is 0. The van der Waals surface area contributed by atoms with E-state index in [4.69, 9.17) is 21.2 Å². The molecule has 0 unspecified atom stereocenters. The molecule has 9 nitrogen and oxygen atoms in total. The lowest BCUT2D eigenvalue weighted by atomic mass is 10.1. The highest BCUT2D eigenvalue weighted by atomic mass is 35.5. The molecule has 4 heterocycles. The Morgan fingerprint density at radius 2 is 1.78 bits per heavy atom. The molecule has 0 aliphatic rings. The Hall–Kier alpha value is -3.89. The number of halogens is 1. The summed E-state index contributed by atoms with van der Waals surface area (Å²) in [5, 5.41) is 28.0. The van der Waals surface area contributed by atoms with Crippen LogP contribution in [-0.2, 0) is 0 Å². The summed E-state index contributed by atoms with van der Waals surface area (Å²) in [4.78, 5) is 2.20. The molecule has 0 aliphatic heterocycles. The van der Waals surface area contributed by atoms with Gasteiger partial charge in [-0.2, -0.15) is 19.5 Å². The van der Waals surface area contributed by atoms with E-state index in [-0.39, 0.29) is 0 Å². The lowest BCUT2D eigenvalue weighted by Crippen LogP contribution is -1.98. The lowest BCUT2D eigenvalue weighted by molar-refractivity contribution is 0.400. The molecule has 0 radical (unpaired) electrons. The first kappa shape index (κ1) is 18.8. The number of hydrogen-bond donors (Lipinski definition) is 0. The summed E-state index contributed by atoms with van der Waals surface area (Å²) in [5.41, 5.74) is 3.55. The Labute approximate surface area is 189 Å². The Morgan fingerprint density at radius 1 is 0.969 bits per heavy atom. The van der Waals surface area contributed by atoms with E-state index in [1.807, 2.05) is 61.5 Å². The Balaban J connectivity index is 1.44. The molecule has 0 saturated carbocycles. The number of hydrogen-bond acceptors (Lipinski definition) is 8. The minimum Gasteiger partial charge on any atom is -0.360 e. The molecule has 32 heavy (non-hydrogen) atoms. The van der Waals surface area contributed by atoms with Gasteiger partial charge < -0.3 is 4.52 Å². The van der Waals surface area contributed by atoms with E-state index in [1.54, 1.807) is 15.5 Å². The van der Waals surface area contributed by atoms with Crippen molar-refractivity contribution in [2.45, 2.75) is 6.92 Å². The van der Waals surface area contributed by atoms with Crippen molar-refractivity contribution in [2.75, 3.05) is 0 Å². The molecule has 6 rings (SSSR count). The zero-order valence-electron chi connectivity index (χ0n) is 16.5. The van der Waals surface area contributed by atoms with Crippen molar-refractivity contribution in [1.82, 2.24) is 40.0 Å². The molecular formula is C21H13ClN8OS. The third-order valence-corrected chi connectivity index (χ3v) is 6.09. The zero-order valence-corrected chi connectivity index (χ0v) is 18.1. The molecular weight excluding hydrogens is 448 g/mol. The van der Waals surface area contributed by atoms with Gasteiger partial charge in [0.25, 0.3) is 0 Å². The van der Waals surface area contributed by atoms with Crippen LogP contribution in [0.3, 0.4) is 0 Å². The lowest BCUT2D eigenvalue weighted by Gasteiger charge is -1.98. The SMILES string of the molecule is Cc1onc(-c2cnn(-c3ccccc3)n2)c1-c1nnc2sc(-c3ccc(Cl)cc3)nn12. The van der Waals surface area contributed by atoms with E-state index in [0.717, 1.165) is 16.3 Å². The van der Waals surface area contributed by atoms with Crippen LogP contribution in [0.2, 0.25) is 5.02 Å². The molecule has 0 fully saturated rings. The second kappa shape index (κ2) is 7.36. The Kier molecular flexibility index (Phi) is 4.33. The largest absolute Gasteiger partial charge is 0.360 e. The molecule has 4 aromatic heterocycles. The summed E-state index contributed by atoms with van der Waals surface area (Å²) >= 11 is 7.44. The van der Waals surface area contributed by atoms with Gasteiger partial charge in [0.2, 0.25) is 4.96 Å². The average molecular weight is 461 g/mol. The molecule has 0 amide bonds. The van der Waals surface area contributed by atoms with Gasteiger partial charge in [0, 0.05) is 10.6 Å².